The van der Waals surface area contributed by atoms with Gasteiger partial charge in [0.15, 0.2) is 0 Å². The van der Waals surface area contributed by atoms with Crippen molar-refractivity contribution < 1.29 is 9.90 Å². The first kappa shape index (κ1) is 13.8. The topological polar surface area (TPSA) is 40.5 Å². The molecule has 1 fully saturated rings. The molecule has 16 heavy (non-hydrogen) atoms. The molecule has 0 aromatic carbocycles. The summed E-state index contributed by atoms with van der Waals surface area (Å²) in [6.07, 6.45) is 4.81. The number of hydrogen-bond acceptors (Lipinski definition) is 3. The van der Waals surface area contributed by atoms with Gasteiger partial charge in [-0.15, -0.1) is 0 Å². The number of likely N-dealkylation sites (tertiary alicyclic amines) is 1. The molecule has 1 heterocycles. The summed E-state index contributed by atoms with van der Waals surface area (Å²) in [5, 5.41) is 9.09. The Morgan fingerprint density at radius 1 is 1.50 bits per heavy atom. The molecule has 1 saturated heterocycles. The zero-order chi connectivity index (χ0) is 12.2. The van der Waals surface area contributed by atoms with Crippen LogP contribution in [-0.4, -0.2) is 46.6 Å². The molecule has 0 aliphatic carbocycles. The van der Waals surface area contributed by atoms with Crippen molar-refractivity contribution in [2.24, 2.45) is 5.92 Å². The number of hydrogen-bond donors (Lipinski definition) is 1. The lowest BCUT2D eigenvalue weighted by molar-refractivity contribution is -0.128. The zero-order valence-electron chi connectivity index (χ0n) is 10.5. The van der Waals surface area contributed by atoms with Gasteiger partial charge in [-0.2, -0.15) is 11.8 Å². The van der Waals surface area contributed by atoms with Crippen molar-refractivity contribution in [3.8, 4) is 0 Å². The predicted octanol–water partition coefficient (Wildman–Crippen LogP) is 1.75. The van der Waals surface area contributed by atoms with Crippen molar-refractivity contribution in [3.05, 3.63) is 0 Å². The number of aliphatic hydroxyl groups excluding tert-OH is 1. The minimum absolute atomic E-state index is 0.132. The number of nitrogens with zero attached hydrogens (tertiary/aromatic N) is 1. The number of thioether (sulfide) groups is 1. The van der Waals surface area contributed by atoms with Crippen LogP contribution in [0.5, 0.6) is 0 Å². The van der Waals surface area contributed by atoms with Gasteiger partial charge in [-0.3, -0.25) is 4.79 Å². The summed E-state index contributed by atoms with van der Waals surface area (Å²) in [5.41, 5.74) is 0. The molecule has 1 rings (SSSR count). The number of amides is 1. The Morgan fingerprint density at radius 3 is 2.50 bits per heavy atom. The number of aliphatic hydroxyl groups is 1. The summed E-state index contributed by atoms with van der Waals surface area (Å²) in [6.45, 7) is 6.06. The highest BCUT2D eigenvalue weighted by molar-refractivity contribution is 8.00. The lowest BCUT2D eigenvalue weighted by atomic mass is 10.0. The van der Waals surface area contributed by atoms with Crippen LogP contribution in [0.2, 0.25) is 0 Å². The Kier molecular flexibility index (Phi) is 5.12. The lowest BCUT2D eigenvalue weighted by Gasteiger charge is -2.34. The van der Waals surface area contributed by atoms with Crippen molar-refractivity contribution in [2.75, 3.05) is 26.0 Å². The average molecular weight is 245 g/mol. The van der Waals surface area contributed by atoms with Crippen molar-refractivity contribution >= 4 is 17.7 Å². The molecule has 3 nitrogen and oxygen atoms in total. The Bertz CT molecular complexity index is 233. The van der Waals surface area contributed by atoms with Crippen LogP contribution in [0.1, 0.15) is 33.1 Å². The van der Waals surface area contributed by atoms with E-state index in [9.17, 15) is 4.79 Å². The molecule has 0 bridgehead atoms. The standard InChI is InChI=1S/C12H23NO2S/c1-4-12(5-2,16-3)9-13-7-10(8-14)6-11(13)15/h10,14H,4-9H2,1-3H3. The maximum absolute atomic E-state index is 11.8. The van der Waals surface area contributed by atoms with Gasteiger partial charge < -0.3 is 10.0 Å². The number of carbonyl (C=O) groups excluding carboxylic acids is 1. The van der Waals surface area contributed by atoms with Gasteiger partial charge in [0, 0.05) is 36.8 Å². The van der Waals surface area contributed by atoms with Gasteiger partial charge in [0.2, 0.25) is 5.91 Å². The Balaban J connectivity index is 2.62. The third-order valence-electron chi connectivity index (χ3n) is 3.75. The molecule has 0 saturated carbocycles. The van der Waals surface area contributed by atoms with E-state index in [0.717, 1.165) is 25.9 Å². The van der Waals surface area contributed by atoms with Crippen LogP contribution >= 0.6 is 11.8 Å². The molecule has 0 radical (unpaired) electrons. The summed E-state index contributed by atoms with van der Waals surface area (Å²) in [5.74, 6) is 0.361. The molecule has 1 aliphatic rings. The molecular formula is C12H23NO2S. The van der Waals surface area contributed by atoms with Crippen LogP contribution < -0.4 is 0 Å². The molecule has 4 heteroatoms. The minimum Gasteiger partial charge on any atom is -0.396 e. The molecule has 1 aliphatic heterocycles. The summed E-state index contributed by atoms with van der Waals surface area (Å²) in [7, 11) is 0. The quantitative estimate of drug-likeness (QED) is 0.775. The van der Waals surface area contributed by atoms with Crippen LogP contribution in [0.15, 0.2) is 0 Å². The predicted molar refractivity (Wildman–Crippen MR) is 68.6 cm³/mol. The second kappa shape index (κ2) is 5.92. The van der Waals surface area contributed by atoms with Crippen LogP contribution in [0, 0.1) is 5.92 Å². The van der Waals surface area contributed by atoms with Gasteiger partial charge in [0.25, 0.3) is 0 Å². The fourth-order valence-corrected chi connectivity index (χ4v) is 3.17. The first-order chi connectivity index (χ1) is 7.60. The highest BCUT2D eigenvalue weighted by Gasteiger charge is 2.35. The second-order valence-electron chi connectivity index (χ2n) is 4.62. The highest BCUT2D eigenvalue weighted by Crippen LogP contribution is 2.33. The number of rotatable bonds is 6. The van der Waals surface area contributed by atoms with Crippen LogP contribution in [-0.2, 0) is 4.79 Å². The van der Waals surface area contributed by atoms with Gasteiger partial charge in [-0.1, -0.05) is 13.8 Å². The van der Waals surface area contributed by atoms with Crippen molar-refractivity contribution in [1.29, 1.82) is 0 Å². The van der Waals surface area contributed by atoms with E-state index >= 15 is 0 Å². The van der Waals surface area contributed by atoms with E-state index in [1.165, 1.54) is 0 Å². The van der Waals surface area contributed by atoms with Gasteiger partial charge in [-0.25, -0.2) is 0 Å². The summed E-state index contributed by atoms with van der Waals surface area (Å²) < 4.78 is 0.194. The molecular weight excluding hydrogens is 222 g/mol. The van der Waals surface area contributed by atoms with Crippen molar-refractivity contribution in [3.63, 3.8) is 0 Å². The summed E-state index contributed by atoms with van der Waals surface area (Å²) in [6, 6.07) is 0. The van der Waals surface area contributed by atoms with Gasteiger partial charge in [0.1, 0.15) is 0 Å². The second-order valence-corrected chi connectivity index (χ2v) is 5.90. The van der Waals surface area contributed by atoms with E-state index in [-0.39, 0.29) is 23.2 Å². The van der Waals surface area contributed by atoms with Crippen molar-refractivity contribution in [2.45, 2.75) is 37.9 Å². The Labute approximate surface area is 103 Å². The molecule has 1 unspecified atom stereocenters. The molecule has 1 amide bonds. The molecule has 0 spiro atoms. The summed E-state index contributed by atoms with van der Waals surface area (Å²) in [4.78, 5) is 13.7. The maximum Gasteiger partial charge on any atom is 0.223 e. The van der Waals surface area contributed by atoms with E-state index in [1.54, 1.807) is 0 Å². The van der Waals surface area contributed by atoms with Gasteiger partial charge in [0.05, 0.1) is 0 Å². The molecule has 94 valence electrons. The molecule has 0 aromatic rings. The third-order valence-corrected chi connectivity index (χ3v) is 5.33. The first-order valence-electron chi connectivity index (χ1n) is 6.04. The number of carbonyl (C=O) groups is 1. The Hall–Kier alpha value is -0.220. The van der Waals surface area contributed by atoms with E-state index < -0.39 is 0 Å². The normalized spacial score (nSPS) is 21.9. The SMILES string of the molecule is CCC(CC)(CN1CC(CO)CC1=O)SC. The largest absolute Gasteiger partial charge is 0.396 e. The maximum atomic E-state index is 11.8. The van der Waals surface area contributed by atoms with E-state index in [2.05, 4.69) is 20.1 Å². The van der Waals surface area contributed by atoms with E-state index in [4.69, 9.17) is 5.11 Å². The zero-order valence-corrected chi connectivity index (χ0v) is 11.3. The fourth-order valence-electron chi connectivity index (χ4n) is 2.30. The molecule has 1 N–H and O–H groups in total. The summed E-state index contributed by atoms with van der Waals surface area (Å²) >= 11 is 1.86. The smallest absolute Gasteiger partial charge is 0.223 e. The molecule has 0 aromatic heterocycles. The monoisotopic (exact) mass is 245 g/mol. The molecule has 1 atom stereocenters. The van der Waals surface area contributed by atoms with Gasteiger partial charge in [-0.05, 0) is 19.1 Å². The minimum atomic E-state index is 0.132. The van der Waals surface area contributed by atoms with Gasteiger partial charge >= 0.3 is 0 Å². The first-order valence-corrected chi connectivity index (χ1v) is 7.27. The fraction of sp³-hybridized carbons (Fsp3) is 0.917. The average Bonchev–Trinajstić information content (AvgIpc) is 2.67. The van der Waals surface area contributed by atoms with E-state index in [0.29, 0.717) is 6.42 Å². The van der Waals surface area contributed by atoms with Crippen LogP contribution in [0.4, 0.5) is 0 Å². The van der Waals surface area contributed by atoms with Crippen LogP contribution in [0.3, 0.4) is 0 Å². The van der Waals surface area contributed by atoms with E-state index in [1.807, 2.05) is 16.7 Å². The third kappa shape index (κ3) is 2.92. The van der Waals surface area contributed by atoms with Crippen LogP contribution in [0.25, 0.3) is 0 Å². The van der Waals surface area contributed by atoms with Crippen molar-refractivity contribution in [1.82, 2.24) is 4.90 Å². The Morgan fingerprint density at radius 2 is 2.12 bits per heavy atom. The highest BCUT2D eigenvalue weighted by atomic mass is 32.2. The lowest BCUT2D eigenvalue weighted by Crippen LogP contribution is -2.40.